The van der Waals surface area contributed by atoms with Crippen LogP contribution in [-0.2, 0) is 13.2 Å². The van der Waals surface area contributed by atoms with E-state index in [0.29, 0.717) is 25.6 Å². The van der Waals surface area contributed by atoms with Crippen LogP contribution in [0.25, 0.3) is 0 Å². The van der Waals surface area contributed by atoms with Crippen LogP contribution in [0.15, 0.2) is 41.8 Å². The maximum absolute atomic E-state index is 13.2. The smallest absolute Gasteiger partial charge is 0.254 e. The molecule has 0 aliphatic rings. The number of carbonyl (C=O) groups excluding carboxylic acids is 1. The average molecular weight is 437 g/mol. The Morgan fingerprint density at radius 1 is 1.10 bits per heavy atom. The lowest BCUT2D eigenvalue weighted by Gasteiger charge is -2.24. The van der Waals surface area contributed by atoms with Crippen molar-refractivity contribution in [1.82, 2.24) is 9.88 Å². The number of hydrogen-bond donors (Lipinski definition) is 0. The minimum absolute atomic E-state index is 0.0588. The van der Waals surface area contributed by atoms with Gasteiger partial charge in [0.1, 0.15) is 17.4 Å². The summed E-state index contributed by atoms with van der Waals surface area (Å²) in [6.45, 7) is 14.1. The summed E-state index contributed by atoms with van der Waals surface area (Å²) in [5, 5.41) is 2.95. The largest absolute Gasteiger partial charge is 0.486 e. The Morgan fingerprint density at radius 2 is 1.84 bits per heavy atom. The minimum atomic E-state index is 0.0588. The van der Waals surface area contributed by atoms with Gasteiger partial charge in [-0.15, -0.1) is 11.3 Å². The molecule has 164 valence electrons. The monoisotopic (exact) mass is 436 g/mol. The van der Waals surface area contributed by atoms with E-state index in [4.69, 9.17) is 9.72 Å². The topological polar surface area (TPSA) is 42.4 Å². The van der Waals surface area contributed by atoms with E-state index in [2.05, 4.69) is 46.8 Å². The molecule has 0 fully saturated rings. The van der Waals surface area contributed by atoms with Gasteiger partial charge in [-0.05, 0) is 68.0 Å². The summed E-state index contributed by atoms with van der Waals surface area (Å²) in [6.07, 6.45) is 0. The molecular weight excluding hydrogens is 404 g/mol. The molecule has 3 aromatic rings. The molecular formula is C26H32N2O2S. The highest BCUT2D eigenvalue weighted by molar-refractivity contribution is 7.09. The van der Waals surface area contributed by atoms with Gasteiger partial charge in [0.2, 0.25) is 0 Å². The fourth-order valence-corrected chi connectivity index (χ4v) is 4.31. The average Bonchev–Trinajstić information content (AvgIpc) is 3.16. The van der Waals surface area contributed by atoms with Crippen molar-refractivity contribution < 1.29 is 9.53 Å². The Hall–Kier alpha value is -2.66. The molecule has 0 unspecified atom stereocenters. The summed E-state index contributed by atoms with van der Waals surface area (Å²) in [4.78, 5) is 19.8. The highest BCUT2D eigenvalue weighted by Gasteiger charge is 2.20. The first-order valence-corrected chi connectivity index (χ1v) is 11.6. The number of hydrogen-bond acceptors (Lipinski definition) is 4. The Balaban J connectivity index is 1.71. The second-order valence-corrected chi connectivity index (χ2v) is 9.56. The normalized spacial score (nSPS) is 11.1. The predicted octanol–water partition coefficient (Wildman–Crippen LogP) is 6.25. The van der Waals surface area contributed by atoms with Gasteiger partial charge in [0, 0.05) is 17.5 Å². The van der Waals surface area contributed by atoms with E-state index in [9.17, 15) is 4.79 Å². The van der Waals surface area contributed by atoms with Crippen LogP contribution in [0.4, 0.5) is 0 Å². The zero-order chi connectivity index (χ0) is 22.5. The van der Waals surface area contributed by atoms with E-state index < -0.39 is 0 Å². The van der Waals surface area contributed by atoms with Crippen LogP contribution >= 0.6 is 11.3 Å². The number of nitrogens with zero attached hydrogens (tertiary/aromatic N) is 2. The number of ether oxygens (including phenoxy) is 1. The molecule has 3 rings (SSSR count). The molecule has 2 aromatic carbocycles. The van der Waals surface area contributed by atoms with Gasteiger partial charge in [-0.25, -0.2) is 4.98 Å². The summed E-state index contributed by atoms with van der Waals surface area (Å²) in [5.41, 5.74) is 6.24. The van der Waals surface area contributed by atoms with E-state index in [0.717, 1.165) is 33.1 Å². The fraction of sp³-hybridized carbons (Fsp3) is 0.385. The SMILES string of the molecule is Cc1cc(C)c(C)c(OCc2nc(CN(CC(C)C)C(=O)c3ccccc3C)cs2)c1. The number of amides is 1. The van der Waals surface area contributed by atoms with Gasteiger partial charge in [-0.1, -0.05) is 38.1 Å². The van der Waals surface area contributed by atoms with E-state index >= 15 is 0 Å². The summed E-state index contributed by atoms with van der Waals surface area (Å²) in [6, 6.07) is 12.0. The number of aromatic nitrogens is 1. The predicted molar refractivity (Wildman–Crippen MR) is 128 cm³/mol. The second-order valence-electron chi connectivity index (χ2n) is 8.62. The second kappa shape index (κ2) is 10.1. The summed E-state index contributed by atoms with van der Waals surface area (Å²) < 4.78 is 6.07. The number of rotatable bonds is 8. The third kappa shape index (κ3) is 5.95. The standard InChI is InChI=1S/C26H32N2O2S/c1-17(2)13-28(26(29)23-10-8-7-9-19(23)4)14-22-16-31-25(27-22)15-30-24-12-18(3)11-20(5)21(24)6/h7-12,16-17H,13-15H2,1-6H3. The van der Waals surface area contributed by atoms with Crippen molar-refractivity contribution in [3.8, 4) is 5.75 Å². The van der Waals surface area contributed by atoms with Gasteiger partial charge >= 0.3 is 0 Å². The molecule has 0 spiro atoms. The molecule has 0 aliphatic heterocycles. The zero-order valence-electron chi connectivity index (χ0n) is 19.4. The van der Waals surface area contributed by atoms with Gasteiger partial charge in [-0.2, -0.15) is 0 Å². The van der Waals surface area contributed by atoms with Crippen LogP contribution in [0.3, 0.4) is 0 Å². The molecule has 0 radical (unpaired) electrons. The van der Waals surface area contributed by atoms with Crippen molar-refractivity contribution in [2.75, 3.05) is 6.54 Å². The van der Waals surface area contributed by atoms with Crippen molar-refractivity contribution >= 4 is 17.2 Å². The molecule has 0 N–H and O–H groups in total. The fourth-order valence-electron chi connectivity index (χ4n) is 3.62. The third-order valence-electron chi connectivity index (χ3n) is 5.32. The number of aryl methyl sites for hydroxylation is 3. The van der Waals surface area contributed by atoms with Crippen LogP contribution in [-0.4, -0.2) is 22.3 Å². The quantitative estimate of drug-likeness (QED) is 0.419. The first kappa shape index (κ1) is 23.0. The van der Waals surface area contributed by atoms with Gasteiger partial charge in [0.05, 0.1) is 12.2 Å². The van der Waals surface area contributed by atoms with E-state index in [1.54, 1.807) is 11.3 Å². The van der Waals surface area contributed by atoms with Crippen molar-refractivity contribution in [3.05, 3.63) is 80.3 Å². The summed E-state index contributed by atoms with van der Waals surface area (Å²) in [7, 11) is 0. The first-order chi connectivity index (χ1) is 14.7. The van der Waals surface area contributed by atoms with Crippen LogP contribution < -0.4 is 4.74 Å². The maximum atomic E-state index is 13.2. The van der Waals surface area contributed by atoms with Crippen LogP contribution in [0.2, 0.25) is 0 Å². The molecule has 0 saturated heterocycles. The molecule has 0 aliphatic carbocycles. The molecule has 1 amide bonds. The lowest BCUT2D eigenvalue weighted by Crippen LogP contribution is -2.34. The Labute approximate surface area is 189 Å². The minimum Gasteiger partial charge on any atom is -0.486 e. The summed E-state index contributed by atoms with van der Waals surface area (Å²) >= 11 is 1.58. The third-order valence-corrected chi connectivity index (χ3v) is 6.19. The van der Waals surface area contributed by atoms with Crippen molar-refractivity contribution in [2.24, 2.45) is 5.92 Å². The number of carbonyl (C=O) groups is 1. The molecule has 1 aromatic heterocycles. The van der Waals surface area contributed by atoms with Gasteiger partial charge in [0.25, 0.3) is 5.91 Å². The number of thiazole rings is 1. The zero-order valence-corrected chi connectivity index (χ0v) is 20.2. The van der Waals surface area contributed by atoms with Crippen LogP contribution in [0.5, 0.6) is 5.75 Å². The highest BCUT2D eigenvalue weighted by Crippen LogP contribution is 2.25. The van der Waals surface area contributed by atoms with E-state index in [-0.39, 0.29) is 5.91 Å². The van der Waals surface area contributed by atoms with Crippen molar-refractivity contribution in [1.29, 1.82) is 0 Å². The van der Waals surface area contributed by atoms with Crippen molar-refractivity contribution in [3.63, 3.8) is 0 Å². The molecule has 31 heavy (non-hydrogen) atoms. The Bertz CT molecular complexity index is 1060. The number of benzene rings is 2. The Kier molecular flexibility index (Phi) is 7.50. The van der Waals surface area contributed by atoms with Crippen LogP contribution in [0.1, 0.15) is 57.2 Å². The molecule has 4 nitrogen and oxygen atoms in total. The van der Waals surface area contributed by atoms with Gasteiger partial charge < -0.3 is 9.64 Å². The Morgan fingerprint density at radius 3 is 2.55 bits per heavy atom. The van der Waals surface area contributed by atoms with Gasteiger partial charge in [-0.3, -0.25) is 4.79 Å². The van der Waals surface area contributed by atoms with Crippen LogP contribution in [0, 0.1) is 33.6 Å². The molecule has 0 bridgehead atoms. The van der Waals surface area contributed by atoms with Gasteiger partial charge in [0.15, 0.2) is 0 Å². The first-order valence-electron chi connectivity index (χ1n) is 10.7. The maximum Gasteiger partial charge on any atom is 0.254 e. The molecule has 5 heteroatoms. The lowest BCUT2D eigenvalue weighted by atomic mass is 10.1. The molecule has 0 atom stereocenters. The molecule has 1 heterocycles. The van der Waals surface area contributed by atoms with E-state index in [1.165, 1.54) is 11.1 Å². The summed E-state index contributed by atoms with van der Waals surface area (Å²) in [5.74, 6) is 1.34. The lowest BCUT2D eigenvalue weighted by molar-refractivity contribution is 0.0720. The van der Waals surface area contributed by atoms with Crippen molar-refractivity contribution in [2.45, 2.75) is 54.7 Å². The van der Waals surface area contributed by atoms with E-state index in [1.807, 2.05) is 41.5 Å². The molecule has 0 saturated carbocycles. The highest BCUT2D eigenvalue weighted by atomic mass is 32.1.